The quantitative estimate of drug-likeness (QED) is 0.646. The maximum absolute atomic E-state index is 6.46. The summed E-state index contributed by atoms with van der Waals surface area (Å²) >= 11 is 11.7. The van der Waals surface area contributed by atoms with Crippen molar-refractivity contribution in [3.05, 3.63) is 55.7 Å². The van der Waals surface area contributed by atoms with Crippen LogP contribution in [0.2, 0.25) is 0 Å². The van der Waals surface area contributed by atoms with Crippen molar-refractivity contribution in [2.75, 3.05) is 0 Å². The van der Waals surface area contributed by atoms with Crippen LogP contribution in [-0.2, 0) is 0 Å². The molecule has 0 radical (unpaired) electrons. The second-order valence-electron chi connectivity index (χ2n) is 3.83. The molecule has 1 aromatic carbocycles. The van der Waals surface area contributed by atoms with E-state index in [2.05, 4.69) is 60.1 Å². The largest absolute Gasteiger partial charge is 0.143 e. The van der Waals surface area contributed by atoms with E-state index in [9.17, 15) is 0 Å². The Bertz CT molecular complexity index is 468. The first-order valence-corrected chi connectivity index (χ1v) is 7.09. The number of hydrogen-bond acceptors (Lipinski definition) is 1. The zero-order valence-corrected chi connectivity index (χ0v) is 12.3. The van der Waals surface area contributed by atoms with Crippen molar-refractivity contribution in [3.8, 4) is 0 Å². The van der Waals surface area contributed by atoms with Crippen LogP contribution in [0.5, 0.6) is 0 Å². The minimum absolute atomic E-state index is 0.0457. The Morgan fingerprint density at radius 3 is 2.31 bits per heavy atom. The van der Waals surface area contributed by atoms with Gasteiger partial charge in [0.2, 0.25) is 0 Å². The van der Waals surface area contributed by atoms with E-state index < -0.39 is 0 Å². The zero-order chi connectivity index (χ0) is 11.7. The van der Waals surface area contributed by atoms with E-state index in [-0.39, 0.29) is 5.38 Å². The third-order valence-electron chi connectivity index (χ3n) is 2.50. The van der Waals surface area contributed by atoms with Gasteiger partial charge in [0.1, 0.15) is 0 Å². The Morgan fingerprint density at radius 2 is 1.81 bits per heavy atom. The van der Waals surface area contributed by atoms with Gasteiger partial charge in [-0.15, -0.1) is 22.9 Å². The van der Waals surface area contributed by atoms with Gasteiger partial charge in [-0.3, -0.25) is 0 Å². The molecule has 0 aliphatic carbocycles. The van der Waals surface area contributed by atoms with E-state index in [0.29, 0.717) is 0 Å². The average molecular weight is 316 g/mol. The lowest BCUT2D eigenvalue weighted by Crippen LogP contribution is -1.89. The summed E-state index contributed by atoms with van der Waals surface area (Å²) < 4.78 is 1.14. The molecular weight excluding hydrogens is 304 g/mol. The van der Waals surface area contributed by atoms with Crippen LogP contribution in [-0.4, -0.2) is 0 Å². The lowest BCUT2D eigenvalue weighted by Gasteiger charge is -2.07. The van der Waals surface area contributed by atoms with Gasteiger partial charge in [0.25, 0.3) is 0 Å². The van der Waals surface area contributed by atoms with Crippen LogP contribution >= 0.6 is 38.9 Å². The van der Waals surface area contributed by atoms with Gasteiger partial charge in [-0.2, -0.15) is 0 Å². The topological polar surface area (TPSA) is 0 Å². The highest BCUT2D eigenvalue weighted by atomic mass is 79.9. The molecule has 0 fully saturated rings. The van der Waals surface area contributed by atoms with E-state index in [1.165, 1.54) is 15.3 Å². The normalized spacial score (nSPS) is 12.8. The third kappa shape index (κ3) is 2.50. The van der Waals surface area contributed by atoms with Gasteiger partial charge in [0.05, 0.1) is 5.38 Å². The number of hydrogen-bond donors (Lipinski definition) is 0. The van der Waals surface area contributed by atoms with Crippen molar-refractivity contribution in [2.45, 2.75) is 19.2 Å². The molecule has 3 heteroatoms. The molecule has 1 atom stereocenters. The third-order valence-corrected chi connectivity index (χ3v) is 5.31. The van der Waals surface area contributed by atoms with Crippen molar-refractivity contribution in [1.82, 2.24) is 0 Å². The summed E-state index contributed by atoms with van der Waals surface area (Å²) in [5, 5.41) is -0.0457. The predicted octanol–water partition coefficient (Wildman–Crippen LogP) is 5.46. The van der Waals surface area contributed by atoms with Gasteiger partial charge in [-0.05, 0) is 41.4 Å². The SMILES string of the molecule is Cc1ccc(C(Cl)c2cc(Br)c(C)s2)cc1. The molecule has 0 bridgehead atoms. The molecular formula is C13H12BrClS. The maximum atomic E-state index is 6.46. The first kappa shape index (κ1) is 12.2. The lowest BCUT2D eigenvalue weighted by atomic mass is 10.1. The van der Waals surface area contributed by atoms with Crippen molar-refractivity contribution in [1.29, 1.82) is 0 Å². The molecule has 84 valence electrons. The van der Waals surface area contributed by atoms with Crippen LogP contribution in [0.15, 0.2) is 34.8 Å². The minimum Gasteiger partial charge on any atom is -0.143 e. The molecule has 0 saturated carbocycles. The fourth-order valence-electron chi connectivity index (χ4n) is 1.51. The molecule has 1 unspecified atom stereocenters. The molecule has 1 aromatic heterocycles. The number of aryl methyl sites for hydroxylation is 2. The highest BCUT2D eigenvalue weighted by Gasteiger charge is 2.14. The monoisotopic (exact) mass is 314 g/mol. The Hall–Kier alpha value is -0.310. The fourth-order valence-corrected chi connectivity index (χ4v) is 3.42. The number of benzene rings is 1. The summed E-state index contributed by atoms with van der Waals surface area (Å²) in [6.07, 6.45) is 0. The smallest absolute Gasteiger partial charge is 0.0928 e. The summed E-state index contributed by atoms with van der Waals surface area (Å²) in [7, 11) is 0. The summed E-state index contributed by atoms with van der Waals surface area (Å²) in [5.74, 6) is 0. The Kier molecular flexibility index (Phi) is 3.73. The van der Waals surface area contributed by atoms with Crippen molar-refractivity contribution in [2.24, 2.45) is 0 Å². The summed E-state index contributed by atoms with van der Waals surface area (Å²) in [6, 6.07) is 10.5. The van der Waals surface area contributed by atoms with Crippen LogP contribution < -0.4 is 0 Å². The van der Waals surface area contributed by atoms with Crippen molar-refractivity contribution < 1.29 is 0 Å². The highest BCUT2D eigenvalue weighted by Crippen LogP contribution is 2.37. The first-order valence-electron chi connectivity index (χ1n) is 5.04. The van der Waals surface area contributed by atoms with Gasteiger partial charge in [-0.1, -0.05) is 29.8 Å². The second-order valence-corrected chi connectivity index (χ2v) is 6.40. The van der Waals surface area contributed by atoms with Crippen LogP contribution in [0.25, 0.3) is 0 Å². The average Bonchev–Trinajstić information content (AvgIpc) is 2.59. The molecule has 0 amide bonds. The van der Waals surface area contributed by atoms with E-state index in [1.807, 2.05) is 0 Å². The summed E-state index contributed by atoms with van der Waals surface area (Å²) in [6.45, 7) is 4.18. The molecule has 0 aliphatic rings. The van der Waals surface area contributed by atoms with Crippen LogP contribution in [0.1, 0.15) is 26.3 Å². The Morgan fingerprint density at radius 1 is 1.19 bits per heavy atom. The minimum atomic E-state index is -0.0457. The first-order chi connectivity index (χ1) is 7.58. The Labute approximate surface area is 113 Å². The molecule has 2 aromatic rings. The van der Waals surface area contributed by atoms with Crippen LogP contribution in [0.4, 0.5) is 0 Å². The second kappa shape index (κ2) is 4.91. The summed E-state index contributed by atoms with van der Waals surface area (Å²) in [4.78, 5) is 2.46. The molecule has 0 spiro atoms. The van der Waals surface area contributed by atoms with Crippen LogP contribution in [0, 0.1) is 13.8 Å². The number of alkyl halides is 1. The van der Waals surface area contributed by atoms with E-state index in [1.54, 1.807) is 11.3 Å². The van der Waals surface area contributed by atoms with Crippen LogP contribution in [0.3, 0.4) is 0 Å². The van der Waals surface area contributed by atoms with E-state index >= 15 is 0 Å². The number of thiophene rings is 1. The fraction of sp³-hybridized carbons (Fsp3) is 0.231. The molecule has 0 N–H and O–H groups in total. The standard InChI is InChI=1S/C13H12BrClS/c1-8-3-5-10(6-4-8)13(15)12-7-11(14)9(2)16-12/h3-7,13H,1-2H3. The Balaban J connectivity index is 2.31. The van der Waals surface area contributed by atoms with Crippen molar-refractivity contribution >= 4 is 38.9 Å². The molecule has 2 rings (SSSR count). The number of rotatable bonds is 2. The molecule has 1 heterocycles. The van der Waals surface area contributed by atoms with Gasteiger partial charge < -0.3 is 0 Å². The van der Waals surface area contributed by atoms with E-state index in [0.717, 1.165) is 10.0 Å². The number of halogens is 2. The van der Waals surface area contributed by atoms with Gasteiger partial charge >= 0.3 is 0 Å². The van der Waals surface area contributed by atoms with Gasteiger partial charge in [0.15, 0.2) is 0 Å². The lowest BCUT2D eigenvalue weighted by molar-refractivity contribution is 1.18. The van der Waals surface area contributed by atoms with Crippen molar-refractivity contribution in [3.63, 3.8) is 0 Å². The van der Waals surface area contributed by atoms with E-state index in [4.69, 9.17) is 11.6 Å². The molecule has 16 heavy (non-hydrogen) atoms. The predicted molar refractivity (Wildman–Crippen MR) is 75.6 cm³/mol. The molecule has 0 nitrogen and oxygen atoms in total. The molecule has 0 aliphatic heterocycles. The van der Waals surface area contributed by atoms with Gasteiger partial charge in [0, 0.05) is 14.2 Å². The van der Waals surface area contributed by atoms with Gasteiger partial charge in [-0.25, -0.2) is 0 Å². The molecule has 0 saturated heterocycles. The highest BCUT2D eigenvalue weighted by molar-refractivity contribution is 9.10. The zero-order valence-electron chi connectivity index (χ0n) is 9.13. The summed E-state index contributed by atoms with van der Waals surface area (Å²) in [5.41, 5.74) is 2.41. The maximum Gasteiger partial charge on any atom is 0.0928 e.